The average Bonchev–Trinajstić information content (AvgIpc) is 3.03. The minimum Gasteiger partial charge on any atom is -0.325 e. The number of carbonyl (C=O) groups excluding carboxylic acids is 2. The zero-order valence-corrected chi connectivity index (χ0v) is 24.3. The molecule has 0 unspecified atom stereocenters. The lowest BCUT2D eigenvalue weighted by atomic mass is 10.2. The molecule has 1 aromatic carbocycles. The van der Waals surface area contributed by atoms with E-state index in [9.17, 15) is 9.59 Å². The minimum atomic E-state index is -0.183. The molecule has 0 radical (unpaired) electrons. The van der Waals surface area contributed by atoms with Crippen LogP contribution < -0.4 is 10.6 Å². The van der Waals surface area contributed by atoms with E-state index in [1.165, 1.54) is 0 Å². The van der Waals surface area contributed by atoms with Crippen molar-refractivity contribution in [2.24, 2.45) is 0 Å². The van der Waals surface area contributed by atoms with Gasteiger partial charge in [-0.25, -0.2) is 0 Å². The van der Waals surface area contributed by atoms with Crippen molar-refractivity contribution in [1.29, 1.82) is 0 Å². The molecule has 2 amide bonds. The Morgan fingerprint density at radius 1 is 0.477 bits per heavy atom. The zero-order chi connectivity index (χ0) is 30.4. The van der Waals surface area contributed by atoms with Gasteiger partial charge >= 0.3 is 0 Å². The molecule has 4 heterocycles. The maximum absolute atomic E-state index is 13.1. The first-order chi connectivity index (χ1) is 21.6. The van der Waals surface area contributed by atoms with Gasteiger partial charge < -0.3 is 10.6 Å². The van der Waals surface area contributed by atoms with Gasteiger partial charge in [-0.3, -0.25) is 39.3 Å². The van der Waals surface area contributed by atoms with E-state index in [0.717, 1.165) is 22.8 Å². The lowest BCUT2D eigenvalue weighted by Crippen LogP contribution is -2.33. The van der Waals surface area contributed by atoms with Gasteiger partial charge in [0.15, 0.2) is 0 Å². The summed E-state index contributed by atoms with van der Waals surface area (Å²) < 4.78 is 0. The molecule has 44 heavy (non-hydrogen) atoms. The van der Waals surface area contributed by atoms with Gasteiger partial charge in [-0.1, -0.05) is 30.3 Å². The molecule has 0 saturated carbocycles. The third-order valence-electron chi connectivity index (χ3n) is 6.61. The zero-order valence-electron chi connectivity index (χ0n) is 24.3. The molecule has 0 fully saturated rings. The molecule has 10 nitrogen and oxygen atoms in total. The van der Waals surface area contributed by atoms with E-state index in [-0.39, 0.29) is 24.9 Å². The number of benzene rings is 1. The van der Waals surface area contributed by atoms with Crippen LogP contribution in [0.1, 0.15) is 22.8 Å². The van der Waals surface area contributed by atoms with Gasteiger partial charge in [0, 0.05) is 62.3 Å². The van der Waals surface area contributed by atoms with Crippen LogP contribution in [0.15, 0.2) is 122 Å². The summed E-state index contributed by atoms with van der Waals surface area (Å²) in [7, 11) is 0. The van der Waals surface area contributed by atoms with Crippen LogP contribution >= 0.6 is 0 Å². The highest BCUT2D eigenvalue weighted by molar-refractivity contribution is 5.95. The predicted octanol–water partition coefficient (Wildman–Crippen LogP) is 4.55. The van der Waals surface area contributed by atoms with Gasteiger partial charge in [-0.05, 0) is 66.7 Å². The van der Waals surface area contributed by atoms with Crippen molar-refractivity contribution in [3.8, 4) is 0 Å². The normalized spacial score (nSPS) is 11.0. The number of amides is 2. The van der Waals surface area contributed by atoms with E-state index in [0.29, 0.717) is 37.6 Å². The van der Waals surface area contributed by atoms with Gasteiger partial charge in [0.1, 0.15) is 0 Å². The SMILES string of the molecule is O=C(CN(Cc1ccccn1)Cc1ccccn1)Nc1cccc(NC(=O)CN(Cc2ccccn2)Cc2ccccn2)c1. The number of carbonyl (C=O) groups is 2. The second-order valence-electron chi connectivity index (χ2n) is 10.3. The summed E-state index contributed by atoms with van der Waals surface area (Å²) >= 11 is 0. The van der Waals surface area contributed by atoms with E-state index in [4.69, 9.17) is 0 Å². The van der Waals surface area contributed by atoms with Crippen molar-refractivity contribution in [3.63, 3.8) is 0 Å². The van der Waals surface area contributed by atoms with E-state index < -0.39 is 0 Å². The van der Waals surface area contributed by atoms with Crippen LogP contribution in [0.5, 0.6) is 0 Å². The Morgan fingerprint density at radius 2 is 0.818 bits per heavy atom. The largest absolute Gasteiger partial charge is 0.325 e. The Balaban J connectivity index is 1.20. The summed E-state index contributed by atoms with van der Waals surface area (Å²) in [6.07, 6.45) is 6.96. The number of nitrogens with one attached hydrogen (secondary N) is 2. The van der Waals surface area contributed by atoms with Gasteiger partial charge in [-0.15, -0.1) is 0 Å². The molecule has 0 spiro atoms. The lowest BCUT2D eigenvalue weighted by molar-refractivity contribution is -0.118. The molecule has 0 saturated heterocycles. The van der Waals surface area contributed by atoms with Crippen LogP contribution in [-0.4, -0.2) is 54.6 Å². The van der Waals surface area contributed by atoms with Crippen molar-refractivity contribution in [3.05, 3.63) is 145 Å². The number of rotatable bonds is 14. The lowest BCUT2D eigenvalue weighted by Gasteiger charge is -2.22. The van der Waals surface area contributed by atoms with E-state index in [2.05, 4.69) is 30.6 Å². The summed E-state index contributed by atoms with van der Waals surface area (Å²) in [6, 6.07) is 30.0. The molecule has 222 valence electrons. The number of pyridine rings is 4. The van der Waals surface area contributed by atoms with Crippen molar-refractivity contribution in [2.45, 2.75) is 26.2 Å². The second-order valence-corrected chi connectivity index (χ2v) is 10.3. The fourth-order valence-corrected chi connectivity index (χ4v) is 4.70. The Morgan fingerprint density at radius 3 is 1.11 bits per heavy atom. The monoisotopic (exact) mass is 586 g/mol. The van der Waals surface area contributed by atoms with Gasteiger partial charge in [0.2, 0.25) is 11.8 Å². The first-order valence-corrected chi connectivity index (χ1v) is 14.3. The van der Waals surface area contributed by atoms with Crippen molar-refractivity contribution >= 4 is 23.2 Å². The Hall–Kier alpha value is -5.32. The first kappa shape index (κ1) is 30.1. The highest BCUT2D eigenvalue weighted by Crippen LogP contribution is 2.16. The van der Waals surface area contributed by atoms with Crippen LogP contribution in [0, 0.1) is 0 Å². The summed E-state index contributed by atoms with van der Waals surface area (Å²) in [5.41, 5.74) is 4.62. The molecule has 10 heteroatoms. The number of nitrogens with zero attached hydrogens (tertiary/aromatic N) is 6. The molecule has 4 aromatic heterocycles. The Labute approximate surface area is 256 Å². The van der Waals surface area contributed by atoms with Gasteiger partial charge in [0.05, 0.1) is 35.9 Å². The summed E-state index contributed by atoms with van der Waals surface area (Å²) in [5, 5.41) is 5.93. The van der Waals surface area contributed by atoms with Gasteiger partial charge in [0.25, 0.3) is 0 Å². The summed E-state index contributed by atoms with van der Waals surface area (Å²) in [6.45, 7) is 2.26. The maximum Gasteiger partial charge on any atom is 0.238 e. The fourth-order valence-electron chi connectivity index (χ4n) is 4.70. The van der Waals surface area contributed by atoms with Crippen molar-refractivity contribution in [1.82, 2.24) is 29.7 Å². The highest BCUT2D eigenvalue weighted by atomic mass is 16.2. The van der Waals surface area contributed by atoms with Crippen LogP contribution in [0.4, 0.5) is 11.4 Å². The Bertz CT molecular complexity index is 1410. The smallest absolute Gasteiger partial charge is 0.238 e. The predicted molar refractivity (Wildman–Crippen MR) is 169 cm³/mol. The van der Waals surface area contributed by atoms with E-state index >= 15 is 0 Å². The molecule has 0 aliphatic heterocycles. The number of hydrogen-bond donors (Lipinski definition) is 2. The summed E-state index contributed by atoms with van der Waals surface area (Å²) in [4.78, 5) is 47.9. The third kappa shape index (κ3) is 9.90. The van der Waals surface area contributed by atoms with Crippen LogP contribution in [-0.2, 0) is 35.8 Å². The number of anilines is 2. The molecule has 0 atom stereocenters. The first-order valence-electron chi connectivity index (χ1n) is 14.3. The molecule has 2 N–H and O–H groups in total. The van der Waals surface area contributed by atoms with Crippen LogP contribution in [0.25, 0.3) is 0 Å². The molecule has 0 aliphatic rings. The molecule has 5 rings (SSSR count). The molecule has 5 aromatic rings. The fraction of sp³-hybridized carbons (Fsp3) is 0.176. The van der Waals surface area contributed by atoms with Gasteiger partial charge in [-0.2, -0.15) is 0 Å². The standard InChI is InChI=1S/C34H34N8O2/c43-33(25-41(21-29-10-1-5-16-35-29)22-30-11-2-6-17-36-30)39-27-14-9-15-28(20-27)40-34(44)26-42(23-31-12-3-7-18-37-31)24-32-13-4-8-19-38-32/h1-20H,21-26H2,(H,39,43)(H,40,44). The highest BCUT2D eigenvalue weighted by Gasteiger charge is 2.16. The van der Waals surface area contributed by atoms with Crippen LogP contribution in [0.2, 0.25) is 0 Å². The van der Waals surface area contributed by atoms with E-state index in [1.807, 2.05) is 82.6 Å². The average molecular weight is 587 g/mol. The molecule has 0 bridgehead atoms. The quantitative estimate of drug-likeness (QED) is 0.195. The topological polar surface area (TPSA) is 116 Å². The summed E-state index contributed by atoms with van der Waals surface area (Å²) in [5.74, 6) is -0.366. The number of aromatic nitrogens is 4. The van der Waals surface area contributed by atoms with Crippen molar-refractivity contribution in [2.75, 3.05) is 23.7 Å². The Kier molecular flexibility index (Phi) is 10.8. The minimum absolute atomic E-state index is 0.139. The number of hydrogen-bond acceptors (Lipinski definition) is 8. The second kappa shape index (κ2) is 15.8. The molecular formula is C34H34N8O2. The maximum atomic E-state index is 13.1. The molecule has 0 aliphatic carbocycles. The third-order valence-corrected chi connectivity index (χ3v) is 6.61. The van der Waals surface area contributed by atoms with Crippen molar-refractivity contribution < 1.29 is 9.59 Å². The van der Waals surface area contributed by atoms with Crippen LogP contribution in [0.3, 0.4) is 0 Å². The molecular weight excluding hydrogens is 552 g/mol. The van der Waals surface area contributed by atoms with E-state index in [1.54, 1.807) is 49.1 Å².